The van der Waals surface area contributed by atoms with Crippen molar-refractivity contribution in [1.82, 2.24) is 20.1 Å². The summed E-state index contributed by atoms with van der Waals surface area (Å²) in [5, 5.41) is 4.76. The Morgan fingerprint density at radius 2 is 1.89 bits per heavy atom. The minimum absolute atomic E-state index is 0.282. The molecule has 0 radical (unpaired) electrons. The van der Waals surface area contributed by atoms with Crippen molar-refractivity contribution in [3.05, 3.63) is 82.8 Å². The van der Waals surface area contributed by atoms with Gasteiger partial charge in [0.05, 0.1) is 11.4 Å². The van der Waals surface area contributed by atoms with Gasteiger partial charge in [0.25, 0.3) is 0 Å². The maximum absolute atomic E-state index is 13.7. The van der Waals surface area contributed by atoms with E-state index in [9.17, 15) is 4.39 Å². The fourth-order valence-electron chi connectivity index (χ4n) is 2.79. The van der Waals surface area contributed by atoms with E-state index in [1.807, 2.05) is 25.1 Å². The molecule has 0 spiro atoms. The molecule has 4 aromatic rings. The molecule has 2 aromatic heterocycles. The smallest absolute Gasteiger partial charge is 0.237 e. The second-order valence-corrected chi connectivity index (χ2v) is 7.50. The van der Waals surface area contributed by atoms with Gasteiger partial charge in [-0.05, 0) is 31.0 Å². The van der Waals surface area contributed by atoms with E-state index < -0.39 is 0 Å². The molecule has 4 rings (SSSR count). The first kappa shape index (κ1) is 18.4. The lowest BCUT2D eigenvalue weighted by molar-refractivity contribution is 0.391. The van der Waals surface area contributed by atoms with Crippen LogP contribution >= 0.6 is 11.8 Å². The molecule has 0 fully saturated rings. The SMILES string of the molecule is Cc1ccc(-c2noc(CSc3nc(Cc4ccccc4)c(C)[nH]3)n2)cc1F. The third-order valence-corrected chi connectivity index (χ3v) is 5.27. The Balaban J connectivity index is 1.42. The molecule has 0 saturated carbocycles. The van der Waals surface area contributed by atoms with E-state index in [0.717, 1.165) is 23.0 Å². The Morgan fingerprint density at radius 1 is 1.07 bits per heavy atom. The van der Waals surface area contributed by atoms with Crippen molar-refractivity contribution in [3.63, 3.8) is 0 Å². The van der Waals surface area contributed by atoms with Gasteiger partial charge in [-0.2, -0.15) is 4.98 Å². The summed E-state index contributed by atoms with van der Waals surface area (Å²) >= 11 is 1.50. The van der Waals surface area contributed by atoms with Crippen LogP contribution in [0.4, 0.5) is 4.39 Å². The molecule has 0 aliphatic carbocycles. The Bertz CT molecular complexity index is 1090. The summed E-state index contributed by atoms with van der Waals surface area (Å²) in [6, 6.07) is 15.2. The van der Waals surface area contributed by atoms with Crippen LogP contribution in [0.2, 0.25) is 0 Å². The quantitative estimate of drug-likeness (QED) is 0.461. The number of hydrogen-bond acceptors (Lipinski definition) is 5. The molecule has 5 nitrogen and oxygen atoms in total. The van der Waals surface area contributed by atoms with Crippen LogP contribution in [0.3, 0.4) is 0 Å². The number of H-pyrrole nitrogens is 1. The molecule has 0 aliphatic rings. The van der Waals surface area contributed by atoms with Crippen molar-refractivity contribution in [2.24, 2.45) is 0 Å². The molecule has 0 saturated heterocycles. The molecule has 2 heterocycles. The monoisotopic (exact) mass is 394 g/mol. The molecule has 0 amide bonds. The number of rotatable bonds is 6. The first-order valence-electron chi connectivity index (χ1n) is 8.90. The summed E-state index contributed by atoms with van der Waals surface area (Å²) in [6.07, 6.45) is 0.785. The number of thioether (sulfide) groups is 1. The van der Waals surface area contributed by atoms with Gasteiger partial charge in [-0.15, -0.1) is 0 Å². The van der Waals surface area contributed by atoms with E-state index in [1.54, 1.807) is 19.1 Å². The zero-order valence-corrected chi connectivity index (χ0v) is 16.4. The van der Waals surface area contributed by atoms with Gasteiger partial charge in [-0.3, -0.25) is 0 Å². The minimum atomic E-state index is -0.282. The molecule has 28 heavy (non-hydrogen) atoms. The first-order chi connectivity index (χ1) is 13.6. The molecule has 0 aliphatic heterocycles. The van der Waals surface area contributed by atoms with E-state index in [2.05, 4.69) is 32.2 Å². The maximum atomic E-state index is 13.7. The molecule has 142 valence electrons. The zero-order chi connectivity index (χ0) is 19.5. The maximum Gasteiger partial charge on any atom is 0.237 e. The van der Waals surface area contributed by atoms with Crippen molar-refractivity contribution in [2.75, 3.05) is 0 Å². The number of aryl methyl sites for hydroxylation is 2. The highest BCUT2D eigenvalue weighted by Gasteiger charge is 2.13. The van der Waals surface area contributed by atoms with Crippen molar-refractivity contribution in [3.8, 4) is 11.4 Å². The van der Waals surface area contributed by atoms with E-state index in [-0.39, 0.29) is 5.82 Å². The summed E-state index contributed by atoms with van der Waals surface area (Å²) in [5.41, 5.74) is 4.48. The average Bonchev–Trinajstić information content (AvgIpc) is 3.30. The number of nitrogens with one attached hydrogen (secondary N) is 1. The number of halogens is 1. The highest BCUT2D eigenvalue weighted by Crippen LogP contribution is 2.24. The largest absolute Gasteiger partial charge is 0.338 e. The third-order valence-electron chi connectivity index (χ3n) is 4.41. The molecule has 2 aromatic carbocycles. The van der Waals surface area contributed by atoms with Crippen LogP contribution in [-0.2, 0) is 12.2 Å². The van der Waals surface area contributed by atoms with Gasteiger partial charge in [0, 0.05) is 17.7 Å². The van der Waals surface area contributed by atoms with Crippen molar-refractivity contribution >= 4 is 11.8 Å². The summed E-state index contributed by atoms with van der Waals surface area (Å²) in [5.74, 6) is 1.06. The van der Waals surface area contributed by atoms with Crippen molar-refractivity contribution in [1.29, 1.82) is 0 Å². The lowest BCUT2D eigenvalue weighted by Crippen LogP contribution is -1.90. The molecule has 7 heteroatoms. The number of aromatic amines is 1. The number of aromatic nitrogens is 4. The summed E-state index contributed by atoms with van der Waals surface area (Å²) in [6.45, 7) is 3.74. The zero-order valence-electron chi connectivity index (χ0n) is 15.6. The molecular formula is C21H19FN4OS. The van der Waals surface area contributed by atoms with Crippen LogP contribution in [0, 0.1) is 19.7 Å². The third kappa shape index (κ3) is 4.14. The Morgan fingerprint density at radius 3 is 2.68 bits per heavy atom. The Hall–Kier alpha value is -2.93. The Kier molecular flexibility index (Phi) is 5.25. The molecular weight excluding hydrogens is 375 g/mol. The molecule has 0 unspecified atom stereocenters. The summed E-state index contributed by atoms with van der Waals surface area (Å²) in [7, 11) is 0. The van der Waals surface area contributed by atoms with E-state index in [0.29, 0.717) is 28.6 Å². The molecule has 0 atom stereocenters. The second kappa shape index (κ2) is 7.98. The van der Waals surface area contributed by atoms with Gasteiger partial charge in [0.1, 0.15) is 5.82 Å². The van der Waals surface area contributed by atoms with Gasteiger partial charge in [-0.25, -0.2) is 9.37 Å². The van der Waals surface area contributed by atoms with Gasteiger partial charge < -0.3 is 9.51 Å². The van der Waals surface area contributed by atoms with E-state index in [1.165, 1.54) is 23.4 Å². The fraction of sp³-hybridized carbons (Fsp3) is 0.190. The first-order valence-corrected chi connectivity index (χ1v) is 9.88. The van der Waals surface area contributed by atoms with Crippen LogP contribution in [0.15, 0.2) is 58.2 Å². The average molecular weight is 394 g/mol. The number of hydrogen-bond donors (Lipinski definition) is 1. The normalized spacial score (nSPS) is 11.1. The topological polar surface area (TPSA) is 67.6 Å². The molecule has 1 N–H and O–H groups in total. The number of benzene rings is 2. The lowest BCUT2D eigenvalue weighted by atomic mass is 10.1. The highest BCUT2D eigenvalue weighted by atomic mass is 32.2. The van der Waals surface area contributed by atoms with Crippen LogP contribution in [0.5, 0.6) is 0 Å². The standard InChI is InChI=1S/C21H19FN4OS/c1-13-8-9-16(11-17(13)22)20-25-19(27-26-20)12-28-21-23-14(2)18(24-21)10-15-6-4-3-5-7-15/h3-9,11H,10,12H2,1-2H3,(H,23,24). The Labute approximate surface area is 166 Å². The van der Waals surface area contributed by atoms with Crippen LogP contribution in [-0.4, -0.2) is 20.1 Å². The highest BCUT2D eigenvalue weighted by molar-refractivity contribution is 7.98. The fourth-order valence-corrected chi connectivity index (χ4v) is 3.57. The minimum Gasteiger partial charge on any atom is -0.338 e. The molecule has 0 bridgehead atoms. The van der Waals surface area contributed by atoms with Gasteiger partial charge in [-0.1, -0.05) is 59.4 Å². The predicted octanol–water partition coefficient (Wildman–Crippen LogP) is 5.10. The van der Waals surface area contributed by atoms with Gasteiger partial charge in [0.15, 0.2) is 5.16 Å². The van der Waals surface area contributed by atoms with Crippen LogP contribution < -0.4 is 0 Å². The van der Waals surface area contributed by atoms with Crippen LogP contribution in [0.25, 0.3) is 11.4 Å². The summed E-state index contributed by atoms with van der Waals surface area (Å²) in [4.78, 5) is 12.3. The van der Waals surface area contributed by atoms with Gasteiger partial charge in [0.2, 0.25) is 11.7 Å². The summed E-state index contributed by atoms with van der Waals surface area (Å²) < 4.78 is 19.0. The second-order valence-electron chi connectivity index (χ2n) is 6.54. The van der Waals surface area contributed by atoms with Crippen LogP contribution in [0.1, 0.15) is 28.4 Å². The van der Waals surface area contributed by atoms with E-state index >= 15 is 0 Å². The van der Waals surface area contributed by atoms with Crippen molar-refractivity contribution in [2.45, 2.75) is 31.2 Å². The van der Waals surface area contributed by atoms with Crippen molar-refractivity contribution < 1.29 is 8.91 Å². The van der Waals surface area contributed by atoms with E-state index in [4.69, 9.17) is 4.52 Å². The predicted molar refractivity (Wildman–Crippen MR) is 107 cm³/mol. The number of imidazole rings is 1. The number of nitrogens with zero attached hydrogens (tertiary/aromatic N) is 3. The van der Waals surface area contributed by atoms with Gasteiger partial charge >= 0.3 is 0 Å². The lowest BCUT2D eigenvalue weighted by Gasteiger charge is -1.98.